The third-order valence-corrected chi connectivity index (χ3v) is 5.91. The van der Waals surface area contributed by atoms with E-state index in [1.54, 1.807) is 72.8 Å². The van der Waals surface area contributed by atoms with Crippen molar-refractivity contribution in [2.45, 2.75) is 6.10 Å². The zero-order valence-corrected chi connectivity index (χ0v) is 18.1. The molecule has 5 heteroatoms. The van der Waals surface area contributed by atoms with Crippen molar-refractivity contribution in [2.24, 2.45) is 0 Å². The first kappa shape index (κ1) is 20.9. The van der Waals surface area contributed by atoms with Gasteiger partial charge in [-0.2, -0.15) is 0 Å². The number of rotatable bonds is 5. The molecule has 0 spiro atoms. The molecule has 0 bridgehead atoms. The number of ketones is 2. The molecule has 4 aromatic carbocycles. The van der Waals surface area contributed by atoms with E-state index in [1.807, 2.05) is 24.3 Å². The largest absolute Gasteiger partial charge is 0.445 e. The van der Waals surface area contributed by atoms with Gasteiger partial charge in [-0.15, -0.1) is 0 Å². The van der Waals surface area contributed by atoms with Crippen molar-refractivity contribution in [1.82, 2.24) is 0 Å². The molecule has 4 aromatic rings. The van der Waals surface area contributed by atoms with E-state index in [0.717, 1.165) is 5.56 Å². The van der Waals surface area contributed by atoms with Crippen LogP contribution in [-0.4, -0.2) is 17.5 Å². The van der Waals surface area contributed by atoms with E-state index in [2.05, 4.69) is 0 Å². The lowest BCUT2D eigenvalue weighted by Crippen LogP contribution is -2.20. The number of esters is 1. The van der Waals surface area contributed by atoms with Crippen molar-refractivity contribution in [1.29, 1.82) is 0 Å². The Morgan fingerprint density at radius 2 is 1.30 bits per heavy atom. The van der Waals surface area contributed by atoms with E-state index < -0.39 is 12.1 Å². The van der Waals surface area contributed by atoms with Gasteiger partial charge in [-0.05, 0) is 41.5 Å². The van der Waals surface area contributed by atoms with Crippen molar-refractivity contribution in [3.05, 3.63) is 130 Å². The molecule has 0 saturated carbocycles. The third-order valence-electron chi connectivity index (χ3n) is 5.66. The van der Waals surface area contributed by atoms with Gasteiger partial charge in [0.25, 0.3) is 0 Å². The lowest BCUT2D eigenvalue weighted by molar-refractivity contribution is 0.0280. The fourth-order valence-electron chi connectivity index (χ4n) is 3.99. The first-order chi connectivity index (χ1) is 16.0. The van der Waals surface area contributed by atoms with Crippen LogP contribution in [0.4, 0.5) is 0 Å². The molecule has 1 aliphatic carbocycles. The van der Waals surface area contributed by atoms with Crippen molar-refractivity contribution in [2.75, 3.05) is 0 Å². The Bertz CT molecular complexity index is 1390. The summed E-state index contributed by atoms with van der Waals surface area (Å²) in [6.07, 6.45) is -1.14. The normalized spacial score (nSPS) is 12.6. The molecule has 0 heterocycles. The Hall–Kier alpha value is -4.02. The molecule has 5 rings (SSSR count). The number of benzene rings is 4. The molecule has 0 saturated heterocycles. The highest BCUT2D eigenvalue weighted by Gasteiger charge is 2.30. The predicted molar refractivity (Wildman–Crippen MR) is 126 cm³/mol. The van der Waals surface area contributed by atoms with E-state index in [-0.39, 0.29) is 17.1 Å². The molecule has 0 unspecified atom stereocenters. The van der Waals surface area contributed by atoms with Crippen LogP contribution in [0.1, 0.15) is 48.3 Å². The summed E-state index contributed by atoms with van der Waals surface area (Å²) in [4.78, 5) is 39.0. The number of halogens is 1. The average molecular weight is 453 g/mol. The number of hydrogen-bond acceptors (Lipinski definition) is 4. The van der Waals surface area contributed by atoms with E-state index in [4.69, 9.17) is 16.3 Å². The fourth-order valence-corrected chi connectivity index (χ4v) is 4.12. The van der Waals surface area contributed by atoms with Crippen molar-refractivity contribution in [3.63, 3.8) is 0 Å². The highest BCUT2D eigenvalue weighted by atomic mass is 35.5. The lowest BCUT2D eigenvalue weighted by Gasteiger charge is -2.18. The van der Waals surface area contributed by atoms with Crippen molar-refractivity contribution < 1.29 is 19.1 Å². The van der Waals surface area contributed by atoms with Gasteiger partial charge in [0, 0.05) is 27.3 Å². The van der Waals surface area contributed by atoms with Gasteiger partial charge in [0.15, 0.2) is 11.9 Å². The second kappa shape index (κ2) is 8.49. The Balaban J connectivity index is 1.49. The lowest BCUT2D eigenvalue weighted by atomic mass is 9.99. The van der Waals surface area contributed by atoms with Crippen LogP contribution in [0.2, 0.25) is 5.02 Å². The van der Waals surface area contributed by atoms with E-state index >= 15 is 0 Å². The van der Waals surface area contributed by atoms with Gasteiger partial charge in [-0.25, -0.2) is 4.79 Å². The van der Waals surface area contributed by atoms with Gasteiger partial charge in [0.2, 0.25) is 5.78 Å². The zero-order chi connectivity index (χ0) is 22.9. The van der Waals surface area contributed by atoms with E-state index in [0.29, 0.717) is 32.8 Å². The van der Waals surface area contributed by atoms with Crippen LogP contribution in [-0.2, 0) is 4.74 Å². The topological polar surface area (TPSA) is 60.4 Å². The number of ether oxygens (including phenoxy) is 1. The van der Waals surface area contributed by atoms with Crippen LogP contribution < -0.4 is 0 Å². The molecule has 160 valence electrons. The predicted octanol–water partition coefficient (Wildman–Crippen LogP) is 6.33. The molecule has 0 aromatic heterocycles. The molecule has 0 N–H and O–H groups in total. The van der Waals surface area contributed by atoms with Crippen molar-refractivity contribution >= 4 is 29.1 Å². The second-order valence-electron chi connectivity index (χ2n) is 7.70. The van der Waals surface area contributed by atoms with Gasteiger partial charge in [0.05, 0.1) is 5.56 Å². The molecule has 0 aliphatic heterocycles. The van der Waals surface area contributed by atoms with Crippen LogP contribution in [0, 0.1) is 0 Å². The smallest absolute Gasteiger partial charge is 0.339 e. The van der Waals surface area contributed by atoms with Gasteiger partial charge in [-0.3, -0.25) is 9.59 Å². The Morgan fingerprint density at radius 3 is 2.03 bits per heavy atom. The molecule has 1 aliphatic rings. The summed E-state index contributed by atoms with van der Waals surface area (Å²) in [5.74, 6) is -1.06. The molecule has 1 atom stereocenters. The number of carbonyl (C=O) groups is 3. The van der Waals surface area contributed by atoms with Crippen LogP contribution in [0.3, 0.4) is 0 Å². The standard InChI is InChI=1S/C28H17ClO4/c29-20-13-10-18(11-14-20)27(25(30)17-6-2-1-3-7-17)33-28(32)19-12-15-23-24(16-19)21-8-4-5-9-22(21)26(23)31/h1-16,27H/t27-/m1/s1. The molecule has 4 nitrogen and oxygen atoms in total. The van der Waals surface area contributed by atoms with Crippen LogP contribution in [0.15, 0.2) is 97.1 Å². The van der Waals surface area contributed by atoms with Crippen molar-refractivity contribution in [3.8, 4) is 11.1 Å². The molecule has 0 fully saturated rings. The number of hydrogen-bond donors (Lipinski definition) is 0. The zero-order valence-electron chi connectivity index (χ0n) is 17.3. The second-order valence-corrected chi connectivity index (χ2v) is 8.14. The summed E-state index contributed by atoms with van der Waals surface area (Å²) >= 11 is 6.00. The molecule has 0 amide bonds. The van der Waals surface area contributed by atoms with Gasteiger partial charge in [0.1, 0.15) is 0 Å². The van der Waals surface area contributed by atoms with Gasteiger partial charge in [-0.1, -0.05) is 78.3 Å². The maximum atomic E-state index is 13.2. The summed E-state index contributed by atoms with van der Waals surface area (Å²) in [6, 6.07) is 27.4. The van der Waals surface area contributed by atoms with Gasteiger partial charge < -0.3 is 4.74 Å². The minimum Gasteiger partial charge on any atom is -0.445 e. The molecular weight excluding hydrogens is 436 g/mol. The Kier molecular flexibility index (Phi) is 5.37. The Morgan fingerprint density at radius 1 is 0.667 bits per heavy atom. The van der Waals surface area contributed by atoms with E-state index in [1.165, 1.54) is 0 Å². The number of Topliss-reactive ketones (excluding diaryl/α,β-unsaturated/α-hetero) is 1. The Labute approximate surface area is 195 Å². The number of fused-ring (bicyclic) bond motifs is 3. The minimum absolute atomic E-state index is 0.0705. The summed E-state index contributed by atoms with van der Waals surface area (Å²) in [6.45, 7) is 0. The van der Waals surface area contributed by atoms with E-state index in [9.17, 15) is 14.4 Å². The highest BCUT2D eigenvalue weighted by Crippen LogP contribution is 2.37. The highest BCUT2D eigenvalue weighted by molar-refractivity contribution is 6.30. The maximum absolute atomic E-state index is 13.2. The summed E-state index contributed by atoms with van der Waals surface area (Å²) in [5.41, 5.74) is 3.82. The fraction of sp³-hybridized carbons (Fsp3) is 0.0357. The van der Waals surface area contributed by atoms with Crippen LogP contribution >= 0.6 is 11.6 Å². The third kappa shape index (κ3) is 3.86. The minimum atomic E-state index is -1.14. The summed E-state index contributed by atoms with van der Waals surface area (Å²) in [5, 5.41) is 0.512. The molecule has 33 heavy (non-hydrogen) atoms. The SMILES string of the molecule is O=C(O[C@@H](C(=O)c1ccccc1)c1ccc(Cl)cc1)c1ccc2c(c1)-c1ccccc1C2=O. The summed E-state index contributed by atoms with van der Waals surface area (Å²) in [7, 11) is 0. The van der Waals surface area contributed by atoms with Crippen LogP contribution in [0.25, 0.3) is 11.1 Å². The molecule has 0 radical (unpaired) electrons. The average Bonchev–Trinajstić information content (AvgIpc) is 3.15. The van der Waals surface area contributed by atoms with Gasteiger partial charge >= 0.3 is 5.97 Å². The number of carbonyl (C=O) groups excluding carboxylic acids is 3. The maximum Gasteiger partial charge on any atom is 0.339 e. The first-order valence-electron chi connectivity index (χ1n) is 10.4. The monoisotopic (exact) mass is 452 g/mol. The quantitative estimate of drug-likeness (QED) is 0.231. The molecular formula is C28H17ClO4. The van der Waals surface area contributed by atoms with Crippen LogP contribution in [0.5, 0.6) is 0 Å². The first-order valence-corrected chi connectivity index (χ1v) is 10.7. The summed E-state index contributed by atoms with van der Waals surface area (Å²) < 4.78 is 5.74.